The Morgan fingerprint density at radius 3 is 2.92 bits per heavy atom. The van der Waals surface area contributed by atoms with E-state index in [9.17, 15) is 4.79 Å². The minimum absolute atomic E-state index is 0.358. The zero-order chi connectivity index (χ0) is 17.3. The number of unbranched alkanes of at least 4 members (excludes halogenated alkanes) is 1. The first kappa shape index (κ1) is 17.2. The molecule has 0 saturated heterocycles. The lowest BCUT2D eigenvalue weighted by molar-refractivity contribution is -0.136. The number of H-pyrrole nitrogens is 1. The van der Waals surface area contributed by atoms with Crippen molar-refractivity contribution < 1.29 is 9.53 Å². The van der Waals surface area contributed by atoms with Crippen molar-refractivity contribution in [3.05, 3.63) is 38.3 Å². The van der Waals surface area contributed by atoms with Gasteiger partial charge in [0.2, 0.25) is 0 Å². The average Bonchev–Trinajstić information content (AvgIpc) is 2.77. The largest absolute Gasteiger partial charge is 0.462 e. The molecule has 3 rings (SSSR count). The summed E-state index contributed by atoms with van der Waals surface area (Å²) in [6.45, 7) is 4.44. The summed E-state index contributed by atoms with van der Waals surface area (Å²) in [6, 6.07) is 5.87. The molecule has 0 fully saturated rings. The maximum absolute atomic E-state index is 12.1. The summed E-state index contributed by atoms with van der Waals surface area (Å²) in [5.41, 5.74) is 2.75. The molecule has 2 aromatic heterocycles. The summed E-state index contributed by atoms with van der Waals surface area (Å²) in [7, 11) is 0. The molecular formula is C17H17Br2N3O2. The number of benzene rings is 1. The lowest BCUT2D eigenvalue weighted by atomic mass is 10.2. The van der Waals surface area contributed by atoms with Crippen LogP contribution >= 0.6 is 31.9 Å². The van der Waals surface area contributed by atoms with Gasteiger partial charge in [-0.3, -0.25) is 0 Å². The topological polar surface area (TPSA) is 59.4 Å². The van der Waals surface area contributed by atoms with Crippen LogP contribution in [-0.4, -0.2) is 27.2 Å². The summed E-state index contributed by atoms with van der Waals surface area (Å²) in [6.07, 6.45) is 3.33. The van der Waals surface area contributed by atoms with Crippen molar-refractivity contribution in [3.8, 4) is 0 Å². The second kappa shape index (κ2) is 7.11. The van der Waals surface area contributed by atoms with Crippen LogP contribution in [0, 0.1) is 6.92 Å². The fourth-order valence-corrected chi connectivity index (χ4v) is 3.49. The number of esters is 1. The van der Waals surface area contributed by atoms with Gasteiger partial charge < -0.3 is 9.72 Å². The van der Waals surface area contributed by atoms with E-state index in [0.717, 1.165) is 44.0 Å². The normalized spacial score (nSPS) is 12.2. The molecule has 3 aromatic rings. The van der Waals surface area contributed by atoms with Crippen LogP contribution in [0.1, 0.15) is 25.5 Å². The average molecular weight is 455 g/mol. The number of nitrogens with one attached hydrogen (secondary N) is 1. The van der Waals surface area contributed by atoms with Gasteiger partial charge in [-0.1, -0.05) is 29.3 Å². The first-order chi connectivity index (χ1) is 11.5. The van der Waals surface area contributed by atoms with Crippen molar-refractivity contribution in [1.29, 1.82) is 0 Å². The number of carbonyl (C=O) groups excluding carboxylic acids is 1. The van der Waals surface area contributed by atoms with Crippen LogP contribution in [0.3, 0.4) is 0 Å². The van der Waals surface area contributed by atoms with Crippen molar-refractivity contribution in [1.82, 2.24) is 14.6 Å². The van der Waals surface area contributed by atoms with Gasteiger partial charge in [-0.25, -0.2) is 9.31 Å². The third kappa shape index (κ3) is 3.42. The number of hydrogen-bond acceptors (Lipinski definition) is 3. The van der Waals surface area contributed by atoms with Crippen LogP contribution in [0.4, 0.5) is 0 Å². The Balaban J connectivity index is 2.24. The summed E-state index contributed by atoms with van der Waals surface area (Å²) >= 11 is 7.02. The number of aryl methyl sites for hydroxylation is 1. The van der Waals surface area contributed by atoms with Crippen LogP contribution in [0.5, 0.6) is 0 Å². The Morgan fingerprint density at radius 1 is 1.38 bits per heavy atom. The van der Waals surface area contributed by atoms with E-state index in [1.165, 1.54) is 6.08 Å². The Hall–Kier alpha value is -1.60. The molecule has 1 N–H and O–H groups in total. The van der Waals surface area contributed by atoms with E-state index in [1.807, 2.05) is 25.1 Å². The third-order valence-corrected chi connectivity index (χ3v) is 4.69. The van der Waals surface area contributed by atoms with E-state index in [4.69, 9.17) is 4.74 Å². The molecule has 0 aliphatic carbocycles. The smallest absolute Gasteiger partial charge is 0.332 e. The van der Waals surface area contributed by atoms with Crippen molar-refractivity contribution in [2.45, 2.75) is 26.7 Å². The fourth-order valence-electron chi connectivity index (χ4n) is 2.57. The second-order valence-corrected chi connectivity index (χ2v) is 7.26. The number of carbonyl (C=O) groups is 1. The van der Waals surface area contributed by atoms with E-state index in [0.29, 0.717) is 12.0 Å². The highest BCUT2D eigenvalue weighted by Crippen LogP contribution is 2.28. The molecule has 0 aliphatic rings. The van der Waals surface area contributed by atoms with Gasteiger partial charge >= 0.3 is 5.97 Å². The number of aromatic nitrogens is 3. The zero-order valence-electron chi connectivity index (χ0n) is 13.4. The van der Waals surface area contributed by atoms with Crippen LogP contribution in [0.2, 0.25) is 0 Å². The van der Waals surface area contributed by atoms with Gasteiger partial charge in [0.25, 0.3) is 0 Å². The highest BCUT2D eigenvalue weighted by molar-refractivity contribution is 9.11. The Labute approximate surface area is 156 Å². The van der Waals surface area contributed by atoms with Gasteiger partial charge in [-0.15, -0.1) is 0 Å². The molecule has 0 unspecified atom stereocenters. The van der Waals surface area contributed by atoms with Gasteiger partial charge in [0.1, 0.15) is 4.60 Å². The number of aromatic amines is 1. The predicted octanol–water partition coefficient (Wildman–Crippen LogP) is 4.05. The summed E-state index contributed by atoms with van der Waals surface area (Å²) < 4.78 is 8.68. The van der Waals surface area contributed by atoms with Crippen molar-refractivity contribution in [3.63, 3.8) is 0 Å². The van der Waals surface area contributed by atoms with E-state index in [1.54, 1.807) is 4.52 Å². The minimum atomic E-state index is -0.358. The van der Waals surface area contributed by atoms with Gasteiger partial charge in [-0.2, -0.15) is 5.10 Å². The van der Waals surface area contributed by atoms with E-state index in [2.05, 4.69) is 48.9 Å². The molecule has 0 atom stereocenters. The number of ether oxygens (including phenoxy) is 1. The molecule has 0 saturated carbocycles. The second-order valence-electron chi connectivity index (χ2n) is 5.59. The first-order valence-corrected chi connectivity index (χ1v) is 9.30. The number of halogens is 2. The van der Waals surface area contributed by atoms with Crippen LogP contribution in [-0.2, 0) is 9.53 Å². The third-order valence-electron chi connectivity index (χ3n) is 3.65. The summed E-state index contributed by atoms with van der Waals surface area (Å²) in [5.74, 6) is -0.358. The van der Waals surface area contributed by atoms with E-state index in [-0.39, 0.29) is 5.97 Å². The Morgan fingerprint density at radius 2 is 2.17 bits per heavy atom. The van der Waals surface area contributed by atoms with E-state index >= 15 is 0 Å². The lowest BCUT2D eigenvalue weighted by Gasteiger charge is -1.99. The van der Waals surface area contributed by atoms with Gasteiger partial charge in [-0.05, 0) is 47.5 Å². The fraction of sp³-hybridized carbons (Fsp3) is 0.294. The SMILES string of the molecule is CCCCOC(=O)/C=c1/cc(C)[nH]c2cc(Br)cc3c(Br)nn1c23. The highest BCUT2D eigenvalue weighted by atomic mass is 79.9. The molecule has 1 aromatic carbocycles. The van der Waals surface area contributed by atoms with Gasteiger partial charge in [0.05, 0.1) is 23.0 Å². The first-order valence-electron chi connectivity index (χ1n) is 7.71. The Bertz CT molecular complexity index is 989. The standard InChI is InChI=1S/C17H17Br2N3O2/c1-3-4-5-24-15(23)9-12-6-10(2)20-14-8-11(18)7-13-16(14)22(12)21-17(13)19/h6-9,20H,3-5H2,1-2H3/b12-9-. The number of rotatable bonds is 4. The zero-order valence-corrected chi connectivity index (χ0v) is 16.6. The van der Waals surface area contributed by atoms with Gasteiger partial charge in [0, 0.05) is 21.6 Å². The molecule has 0 amide bonds. The number of nitrogens with zero attached hydrogens (tertiary/aromatic N) is 2. The summed E-state index contributed by atoms with van der Waals surface area (Å²) in [4.78, 5) is 15.4. The van der Waals surface area contributed by atoms with Crippen LogP contribution in [0.15, 0.2) is 27.3 Å². The molecule has 7 heteroatoms. The Kier molecular flexibility index (Phi) is 5.10. The predicted molar refractivity (Wildman–Crippen MR) is 102 cm³/mol. The van der Waals surface area contributed by atoms with E-state index < -0.39 is 0 Å². The maximum atomic E-state index is 12.1. The molecule has 5 nitrogen and oxygen atoms in total. The van der Waals surface area contributed by atoms with Gasteiger partial charge in [0.15, 0.2) is 0 Å². The molecular weight excluding hydrogens is 438 g/mol. The quantitative estimate of drug-likeness (QED) is 0.477. The highest BCUT2D eigenvalue weighted by Gasteiger charge is 2.12. The van der Waals surface area contributed by atoms with Crippen molar-refractivity contribution >= 4 is 60.3 Å². The monoisotopic (exact) mass is 453 g/mol. The molecule has 0 aliphatic heterocycles. The molecule has 0 spiro atoms. The molecule has 0 bridgehead atoms. The lowest BCUT2D eigenvalue weighted by Crippen LogP contribution is -2.16. The molecule has 0 radical (unpaired) electrons. The minimum Gasteiger partial charge on any atom is -0.462 e. The molecule has 24 heavy (non-hydrogen) atoms. The van der Waals surface area contributed by atoms with Crippen LogP contribution < -0.4 is 5.35 Å². The van der Waals surface area contributed by atoms with Crippen molar-refractivity contribution in [2.75, 3.05) is 6.61 Å². The van der Waals surface area contributed by atoms with Crippen LogP contribution in [0.25, 0.3) is 22.5 Å². The maximum Gasteiger partial charge on any atom is 0.332 e. The number of hydrogen-bond donors (Lipinski definition) is 1. The summed E-state index contributed by atoms with van der Waals surface area (Å²) in [5, 5.41) is 6.16. The van der Waals surface area contributed by atoms with Crippen molar-refractivity contribution in [2.24, 2.45) is 0 Å². The molecule has 126 valence electrons. The molecule has 2 heterocycles.